The summed E-state index contributed by atoms with van der Waals surface area (Å²) in [7, 11) is 2.03. The van der Waals surface area contributed by atoms with Crippen LogP contribution in [0, 0.1) is 0 Å². The molecule has 5 heteroatoms. The van der Waals surface area contributed by atoms with E-state index in [0.717, 1.165) is 23.6 Å². The molecule has 0 aliphatic carbocycles. The molecule has 1 unspecified atom stereocenters. The first-order chi connectivity index (χ1) is 12.4. The first-order valence-corrected chi connectivity index (χ1v) is 8.97. The lowest BCUT2D eigenvalue weighted by Gasteiger charge is -2.21. The van der Waals surface area contributed by atoms with Gasteiger partial charge in [-0.15, -0.1) is 0 Å². The zero-order valence-electron chi connectivity index (χ0n) is 15.9. The van der Waals surface area contributed by atoms with Gasteiger partial charge < -0.3 is 15.5 Å². The van der Waals surface area contributed by atoms with Crippen LogP contribution in [-0.4, -0.2) is 24.9 Å². The van der Waals surface area contributed by atoms with Gasteiger partial charge in [0.1, 0.15) is 6.54 Å². The van der Waals surface area contributed by atoms with Crippen molar-refractivity contribution in [2.75, 3.05) is 17.7 Å². The Morgan fingerprint density at radius 2 is 1.42 bits per heavy atom. The second-order valence-corrected chi connectivity index (χ2v) is 6.66. The van der Waals surface area contributed by atoms with Crippen molar-refractivity contribution >= 4 is 23.2 Å². The van der Waals surface area contributed by atoms with E-state index in [4.69, 9.17) is 0 Å². The maximum absolute atomic E-state index is 12.5. The van der Waals surface area contributed by atoms with E-state index in [1.165, 1.54) is 18.1 Å². The average Bonchev–Trinajstić information content (AvgIpc) is 2.62. The second-order valence-electron chi connectivity index (χ2n) is 6.66. The Hall–Kier alpha value is -2.66. The molecule has 0 heterocycles. The fourth-order valence-electron chi connectivity index (χ4n) is 2.68. The molecule has 0 radical (unpaired) electrons. The lowest BCUT2D eigenvalue weighted by Crippen LogP contribution is -3.12. The van der Waals surface area contributed by atoms with Crippen LogP contribution in [0.1, 0.15) is 31.9 Å². The number of anilines is 2. The number of rotatable bonds is 7. The van der Waals surface area contributed by atoms with Gasteiger partial charge in [-0.2, -0.15) is 0 Å². The topological polar surface area (TPSA) is 62.6 Å². The molecule has 0 fully saturated rings. The van der Waals surface area contributed by atoms with Crippen LogP contribution in [0.2, 0.25) is 0 Å². The summed E-state index contributed by atoms with van der Waals surface area (Å²) in [5, 5.41) is 5.64. The van der Waals surface area contributed by atoms with Crippen LogP contribution in [0.5, 0.6) is 0 Å². The van der Waals surface area contributed by atoms with E-state index in [-0.39, 0.29) is 17.9 Å². The van der Waals surface area contributed by atoms with Crippen LogP contribution >= 0.6 is 0 Å². The van der Waals surface area contributed by atoms with Gasteiger partial charge in [0.25, 0.3) is 5.91 Å². The van der Waals surface area contributed by atoms with Gasteiger partial charge in [0.2, 0.25) is 5.91 Å². The molecule has 2 aromatic carbocycles. The summed E-state index contributed by atoms with van der Waals surface area (Å²) in [6.07, 6.45) is 1.03. The molecular formula is C21H28N3O2+. The van der Waals surface area contributed by atoms with Gasteiger partial charge in [-0.3, -0.25) is 9.59 Å². The predicted molar refractivity (Wildman–Crippen MR) is 105 cm³/mol. The van der Waals surface area contributed by atoms with Crippen molar-refractivity contribution < 1.29 is 14.5 Å². The van der Waals surface area contributed by atoms with Gasteiger partial charge in [0, 0.05) is 23.9 Å². The van der Waals surface area contributed by atoms with Crippen LogP contribution in [-0.2, 0) is 22.6 Å². The Balaban J connectivity index is 1.91. The van der Waals surface area contributed by atoms with Crippen molar-refractivity contribution in [3.05, 3.63) is 59.7 Å². The minimum Gasteiger partial charge on any atom is -0.326 e. The van der Waals surface area contributed by atoms with Gasteiger partial charge >= 0.3 is 0 Å². The Kier molecular flexibility index (Phi) is 6.92. The molecule has 3 N–H and O–H groups in total. The number of nitrogens with one attached hydrogen (secondary N) is 3. The molecule has 0 saturated carbocycles. The highest BCUT2D eigenvalue weighted by molar-refractivity contribution is 5.94. The molecule has 2 rings (SSSR count). The monoisotopic (exact) mass is 354 g/mol. The fraction of sp³-hybridized carbons (Fsp3) is 0.333. The van der Waals surface area contributed by atoms with E-state index in [1.807, 2.05) is 14.0 Å². The summed E-state index contributed by atoms with van der Waals surface area (Å²) < 4.78 is 0. The van der Waals surface area contributed by atoms with E-state index in [0.29, 0.717) is 5.69 Å². The zero-order chi connectivity index (χ0) is 19.1. The molecule has 26 heavy (non-hydrogen) atoms. The summed E-state index contributed by atoms with van der Waals surface area (Å²) in [4.78, 5) is 24.7. The van der Waals surface area contributed by atoms with Crippen molar-refractivity contribution in [1.82, 2.24) is 0 Å². The Labute approximate surface area is 155 Å². The van der Waals surface area contributed by atoms with Crippen LogP contribution in [0.4, 0.5) is 11.4 Å². The van der Waals surface area contributed by atoms with Crippen molar-refractivity contribution in [2.24, 2.45) is 0 Å². The van der Waals surface area contributed by atoms with E-state index < -0.39 is 0 Å². The van der Waals surface area contributed by atoms with E-state index in [9.17, 15) is 9.59 Å². The van der Waals surface area contributed by atoms with Gasteiger partial charge in [-0.05, 0) is 43.2 Å². The maximum Gasteiger partial charge on any atom is 0.282 e. The molecule has 2 amide bonds. The van der Waals surface area contributed by atoms with E-state index in [2.05, 4.69) is 41.8 Å². The molecular weight excluding hydrogens is 326 g/mol. The quantitative estimate of drug-likeness (QED) is 0.714. The predicted octanol–water partition coefficient (Wildman–Crippen LogP) is 2.25. The number of carbonyl (C=O) groups is 2. The highest BCUT2D eigenvalue weighted by Crippen LogP contribution is 2.13. The number of hydrogen-bond donors (Lipinski definition) is 3. The third-order valence-corrected chi connectivity index (χ3v) is 4.52. The SMILES string of the molecule is CCc1ccc(C[NH+](C)[C@@H](C)C(=O)Nc2ccc(NC(C)=O)cc2)cc1. The third kappa shape index (κ3) is 5.70. The van der Waals surface area contributed by atoms with E-state index in [1.54, 1.807) is 24.3 Å². The van der Waals surface area contributed by atoms with Crippen molar-refractivity contribution in [2.45, 2.75) is 39.8 Å². The number of carbonyl (C=O) groups excluding carboxylic acids is 2. The molecule has 0 saturated heterocycles. The van der Waals surface area contributed by atoms with Gasteiger partial charge in [-0.1, -0.05) is 31.2 Å². The maximum atomic E-state index is 12.5. The molecule has 0 aromatic heterocycles. The van der Waals surface area contributed by atoms with Gasteiger partial charge in [-0.25, -0.2) is 0 Å². The molecule has 2 aromatic rings. The number of benzene rings is 2. The first kappa shape index (κ1) is 19.7. The van der Waals surface area contributed by atoms with Crippen LogP contribution in [0.3, 0.4) is 0 Å². The standard InChI is InChI=1S/C21H27N3O2/c1-5-17-6-8-18(9-7-17)14-24(4)15(2)21(26)23-20-12-10-19(11-13-20)22-16(3)25/h6-13,15H,5,14H2,1-4H3,(H,22,25)(H,23,26)/p+1/t15-/m0/s1. The highest BCUT2D eigenvalue weighted by atomic mass is 16.2. The Morgan fingerprint density at radius 3 is 1.92 bits per heavy atom. The fourth-order valence-corrected chi connectivity index (χ4v) is 2.68. The molecule has 0 spiro atoms. The summed E-state index contributed by atoms with van der Waals surface area (Å²) in [5.74, 6) is -0.146. The van der Waals surface area contributed by atoms with Gasteiger partial charge in [0.05, 0.1) is 7.05 Å². The largest absolute Gasteiger partial charge is 0.326 e. The number of amides is 2. The molecule has 138 valence electrons. The molecule has 0 aliphatic rings. The average molecular weight is 354 g/mol. The van der Waals surface area contributed by atoms with Crippen molar-refractivity contribution in [3.63, 3.8) is 0 Å². The first-order valence-electron chi connectivity index (χ1n) is 8.97. The molecule has 0 bridgehead atoms. The number of hydrogen-bond acceptors (Lipinski definition) is 2. The van der Waals surface area contributed by atoms with Crippen LogP contribution in [0.15, 0.2) is 48.5 Å². The second kappa shape index (κ2) is 9.15. The molecule has 5 nitrogen and oxygen atoms in total. The van der Waals surface area contributed by atoms with Crippen LogP contribution in [0.25, 0.3) is 0 Å². The summed E-state index contributed by atoms with van der Waals surface area (Å²) in [5.41, 5.74) is 3.97. The highest BCUT2D eigenvalue weighted by Gasteiger charge is 2.22. The summed E-state index contributed by atoms with van der Waals surface area (Å²) in [6.45, 7) is 6.32. The summed E-state index contributed by atoms with van der Waals surface area (Å²) in [6, 6.07) is 15.5. The third-order valence-electron chi connectivity index (χ3n) is 4.52. The number of likely N-dealkylation sites (N-methyl/N-ethyl adjacent to an activating group) is 1. The zero-order valence-corrected chi connectivity index (χ0v) is 15.9. The smallest absolute Gasteiger partial charge is 0.282 e. The minimum absolute atomic E-state index is 0.0278. The minimum atomic E-state index is -0.184. The lowest BCUT2D eigenvalue weighted by molar-refractivity contribution is -0.907. The molecule has 2 atom stereocenters. The van der Waals surface area contributed by atoms with Crippen molar-refractivity contribution in [1.29, 1.82) is 0 Å². The lowest BCUT2D eigenvalue weighted by atomic mass is 10.1. The Bertz CT molecular complexity index is 739. The Morgan fingerprint density at radius 1 is 0.923 bits per heavy atom. The van der Waals surface area contributed by atoms with Crippen LogP contribution < -0.4 is 15.5 Å². The van der Waals surface area contributed by atoms with Gasteiger partial charge in [0.15, 0.2) is 6.04 Å². The molecule has 0 aliphatic heterocycles. The van der Waals surface area contributed by atoms with E-state index >= 15 is 0 Å². The summed E-state index contributed by atoms with van der Waals surface area (Å²) >= 11 is 0. The van der Waals surface area contributed by atoms with Crippen molar-refractivity contribution in [3.8, 4) is 0 Å². The number of quaternary nitrogens is 1. The normalized spacial score (nSPS) is 12.9. The number of aryl methyl sites for hydroxylation is 1.